The van der Waals surface area contributed by atoms with Gasteiger partial charge < -0.3 is 4.90 Å². The zero-order valence-electron chi connectivity index (χ0n) is 14.6. The molecule has 0 saturated carbocycles. The number of fused-ring (bicyclic) bond motifs is 1. The second-order valence-electron chi connectivity index (χ2n) is 5.99. The van der Waals surface area contributed by atoms with Crippen molar-refractivity contribution in [3.8, 4) is 5.69 Å². The van der Waals surface area contributed by atoms with Crippen molar-refractivity contribution in [1.29, 1.82) is 0 Å². The molecule has 6 nitrogen and oxygen atoms in total. The lowest BCUT2D eigenvalue weighted by molar-refractivity contribution is 0.402. The van der Waals surface area contributed by atoms with Gasteiger partial charge in [0.2, 0.25) is 0 Å². The van der Waals surface area contributed by atoms with Crippen LogP contribution in [0.25, 0.3) is 16.7 Å². The van der Waals surface area contributed by atoms with E-state index in [0.29, 0.717) is 22.7 Å². The summed E-state index contributed by atoms with van der Waals surface area (Å²) in [5.74, 6) is 0. The lowest BCUT2D eigenvalue weighted by atomic mass is 10.2. The van der Waals surface area contributed by atoms with Gasteiger partial charge in [0.25, 0.3) is 5.56 Å². The maximum Gasteiger partial charge on any atom is 0.278 e. The van der Waals surface area contributed by atoms with E-state index in [-0.39, 0.29) is 5.56 Å². The van der Waals surface area contributed by atoms with Gasteiger partial charge in [-0.2, -0.15) is 0 Å². The van der Waals surface area contributed by atoms with E-state index in [9.17, 15) is 4.79 Å². The highest BCUT2D eigenvalue weighted by molar-refractivity contribution is 7.98. The first kappa shape index (κ1) is 17.4. The maximum absolute atomic E-state index is 12.8. The summed E-state index contributed by atoms with van der Waals surface area (Å²) < 4.78 is 3.51. The summed E-state index contributed by atoms with van der Waals surface area (Å²) in [5, 5.41) is 1.15. The monoisotopic (exact) mass is 355 g/mol. The highest BCUT2D eigenvalue weighted by atomic mass is 32.2. The average Bonchev–Trinajstić information content (AvgIpc) is 2.86. The van der Waals surface area contributed by atoms with E-state index in [0.717, 1.165) is 12.2 Å². The highest BCUT2D eigenvalue weighted by Gasteiger charge is 2.16. The molecule has 1 aromatic carbocycles. The first-order chi connectivity index (χ1) is 12.0. The van der Waals surface area contributed by atoms with Gasteiger partial charge in [0, 0.05) is 12.7 Å². The summed E-state index contributed by atoms with van der Waals surface area (Å²) in [7, 11) is 4.06. The lowest BCUT2D eigenvalue weighted by Gasteiger charge is -2.14. The quantitative estimate of drug-likeness (QED) is 0.386. The van der Waals surface area contributed by atoms with Crippen LogP contribution in [0.2, 0.25) is 0 Å². The van der Waals surface area contributed by atoms with Gasteiger partial charge in [-0.05, 0) is 38.0 Å². The molecular weight excluding hydrogens is 334 g/mol. The van der Waals surface area contributed by atoms with Gasteiger partial charge in [-0.25, -0.2) is 19.3 Å². The Balaban J connectivity index is 2.28. The Hall–Kier alpha value is -2.38. The van der Waals surface area contributed by atoms with Crippen LogP contribution in [0.4, 0.5) is 0 Å². The van der Waals surface area contributed by atoms with Crippen LogP contribution in [0, 0.1) is 0 Å². The van der Waals surface area contributed by atoms with Gasteiger partial charge >= 0.3 is 0 Å². The average molecular weight is 355 g/mol. The molecule has 0 aliphatic carbocycles. The molecule has 0 saturated heterocycles. The topological polar surface area (TPSA) is 56.0 Å². The SMILES string of the molecule is C=CCn1c(=O)c2cnc(SC)nc2n1-c1cccc(CN(C)C)c1. The summed E-state index contributed by atoms with van der Waals surface area (Å²) in [5.41, 5.74) is 2.58. The Labute approximate surface area is 150 Å². The fraction of sp³-hybridized carbons (Fsp3) is 0.278. The molecule has 0 N–H and O–H groups in total. The van der Waals surface area contributed by atoms with E-state index in [2.05, 4.69) is 33.6 Å². The van der Waals surface area contributed by atoms with Crippen LogP contribution in [0.5, 0.6) is 0 Å². The molecular formula is C18H21N5OS. The smallest absolute Gasteiger partial charge is 0.278 e. The molecule has 25 heavy (non-hydrogen) atoms. The minimum Gasteiger partial charge on any atom is -0.305 e. The van der Waals surface area contributed by atoms with Crippen LogP contribution in [0.3, 0.4) is 0 Å². The maximum atomic E-state index is 12.8. The molecule has 2 aromatic heterocycles. The molecule has 3 aromatic rings. The number of aromatic nitrogens is 4. The Morgan fingerprint density at radius 3 is 2.84 bits per heavy atom. The summed E-state index contributed by atoms with van der Waals surface area (Å²) in [6, 6.07) is 8.14. The second-order valence-corrected chi connectivity index (χ2v) is 6.76. The minimum atomic E-state index is -0.111. The van der Waals surface area contributed by atoms with Gasteiger partial charge in [0.05, 0.1) is 12.2 Å². The van der Waals surface area contributed by atoms with Gasteiger partial charge in [-0.1, -0.05) is 30.0 Å². The van der Waals surface area contributed by atoms with Gasteiger partial charge in [-0.15, -0.1) is 6.58 Å². The molecule has 0 amide bonds. The fourth-order valence-electron chi connectivity index (χ4n) is 2.81. The van der Waals surface area contributed by atoms with E-state index in [1.165, 1.54) is 17.3 Å². The lowest BCUT2D eigenvalue weighted by Crippen LogP contribution is -2.21. The zero-order valence-corrected chi connectivity index (χ0v) is 15.5. The van der Waals surface area contributed by atoms with Gasteiger partial charge in [0.1, 0.15) is 5.39 Å². The molecule has 130 valence electrons. The summed E-state index contributed by atoms with van der Waals surface area (Å²) in [6.45, 7) is 5.00. The molecule has 0 bridgehead atoms. The highest BCUT2D eigenvalue weighted by Crippen LogP contribution is 2.19. The molecule has 0 spiro atoms. The molecule has 3 rings (SSSR count). The minimum absolute atomic E-state index is 0.111. The first-order valence-electron chi connectivity index (χ1n) is 7.92. The van der Waals surface area contributed by atoms with Crippen LogP contribution in [-0.4, -0.2) is 44.6 Å². The van der Waals surface area contributed by atoms with Crippen LogP contribution < -0.4 is 5.56 Å². The molecule has 7 heteroatoms. The van der Waals surface area contributed by atoms with Crippen LogP contribution >= 0.6 is 11.8 Å². The van der Waals surface area contributed by atoms with Crippen molar-refractivity contribution >= 4 is 22.8 Å². The number of rotatable bonds is 6. The van der Waals surface area contributed by atoms with Crippen LogP contribution in [0.1, 0.15) is 5.56 Å². The number of nitrogens with zero attached hydrogens (tertiary/aromatic N) is 5. The first-order valence-corrected chi connectivity index (χ1v) is 9.15. The van der Waals surface area contributed by atoms with Crippen molar-refractivity contribution in [2.45, 2.75) is 18.2 Å². The third-order valence-corrected chi connectivity index (χ3v) is 4.35. The van der Waals surface area contributed by atoms with Crippen molar-refractivity contribution in [3.63, 3.8) is 0 Å². The van der Waals surface area contributed by atoms with Crippen molar-refractivity contribution < 1.29 is 0 Å². The molecule has 0 unspecified atom stereocenters. The van der Waals surface area contributed by atoms with E-state index in [1.807, 2.05) is 37.2 Å². The normalized spacial score (nSPS) is 11.4. The van der Waals surface area contributed by atoms with Crippen molar-refractivity contribution in [3.05, 3.63) is 59.0 Å². The summed E-state index contributed by atoms with van der Waals surface area (Å²) >= 11 is 1.45. The Bertz CT molecular complexity index is 973. The Morgan fingerprint density at radius 1 is 1.36 bits per heavy atom. The van der Waals surface area contributed by atoms with Crippen LogP contribution in [-0.2, 0) is 13.1 Å². The molecule has 0 fully saturated rings. The van der Waals surface area contributed by atoms with Crippen LogP contribution in [0.15, 0.2) is 53.1 Å². The van der Waals surface area contributed by atoms with E-state index >= 15 is 0 Å². The number of benzene rings is 1. The number of thioether (sulfide) groups is 1. The molecule has 2 heterocycles. The number of hydrogen-bond acceptors (Lipinski definition) is 5. The van der Waals surface area contributed by atoms with Crippen molar-refractivity contribution in [1.82, 2.24) is 24.2 Å². The van der Waals surface area contributed by atoms with Crippen molar-refractivity contribution in [2.24, 2.45) is 0 Å². The van der Waals surface area contributed by atoms with E-state index < -0.39 is 0 Å². The standard InChI is InChI=1S/C18H21N5OS/c1-5-9-22-17(24)15-11-19-18(25-4)20-16(15)23(22)14-8-6-7-13(10-14)12-21(2)3/h5-8,10-11H,1,9,12H2,2-4H3. The van der Waals surface area contributed by atoms with Gasteiger partial charge in [-0.3, -0.25) is 4.79 Å². The molecule has 0 aliphatic heterocycles. The zero-order chi connectivity index (χ0) is 18.0. The molecule has 0 radical (unpaired) electrons. The van der Waals surface area contributed by atoms with Crippen molar-refractivity contribution in [2.75, 3.05) is 20.4 Å². The summed E-state index contributed by atoms with van der Waals surface area (Å²) in [4.78, 5) is 23.7. The van der Waals surface area contributed by atoms with E-state index in [1.54, 1.807) is 17.0 Å². The predicted octanol–water partition coefficient (Wildman–Crippen LogP) is 2.55. The Morgan fingerprint density at radius 2 is 2.16 bits per heavy atom. The Kier molecular flexibility index (Phi) is 5.06. The molecule has 0 atom stereocenters. The molecule has 0 aliphatic rings. The third-order valence-electron chi connectivity index (χ3n) is 3.79. The number of hydrogen-bond donors (Lipinski definition) is 0. The third kappa shape index (κ3) is 3.38. The number of allylic oxidation sites excluding steroid dienone is 1. The predicted molar refractivity (Wildman–Crippen MR) is 102 cm³/mol. The van der Waals surface area contributed by atoms with E-state index in [4.69, 9.17) is 0 Å². The summed E-state index contributed by atoms with van der Waals surface area (Å²) in [6.07, 6.45) is 5.24. The second kappa shape index (κ2) is 7.25. The fourth-order valence-corrected chi connectivity index (χ4v) is 3.15. The van der Waals surface area contributed by atoms with Gasteiger partial charge in [0.15, 0.2) is 10.8 Å². The largest absolute Gasteiger partial charge is 0.305 e.